The van der Waals surface area contributed by atoms with Crippen molar-refractivity contribution in [2.24, 2.45) is 0 Å². The number of oxazole rings is 1. The smallest absolute Gasteiger partial charge is 0.294 e. The third-order valence-electron chi connectivity index (χ3n) is 2.52. The molecule has 1 saturated carbocycles. The third-order valence-corrected chi connectivity index (χ3v) is 2.52. The number of nitrogens with one attached hydrogen (secondary N) is 1. The van der Waals surface area contributed by atoms with E-state index in [4.69, 9.17) is 4.42 Å². The average molecular weight is 166 g/mol. The SMILES string of the molecule is CNc1nc(C)c(C2CCC2)o1. The second-order valence-corrected chi connectivity index (χ2v) is 3.35. The summed E-state index contributed by atoms with van der Waals surface area (Å²) in [6.07, 6.45) is 3.86. The van der Waals surface area contributed by atoms with Gasteiger partial charge in [-0.05, 0) is 19.8 Å². The van der Waals surface area contributed by atoms with Crippen LogP contribution in [-0.4, -0.2) is 12.0 Å². The van der Waals surface area contributed by atoms with Crippen LogP contribution in [0.3, 0.4) is 0 Å². The molecule has 0 radical (unpaired) electrons. The summed E-state index contributed by atoms with van der Waals surface area (Å²) in [5.41, 5.74) is 1.05. The highest BCUT2D eigenvalue weighted by atomic mass is 16.4. The third kappa shape index (κ3) is 1.09. The zero-order valence-electron chi connectivity index (χ0n) is 7.55. The highest BCUT2D eigenvalue weighted by Gasteiger charge is 2.25. The van der Waals surface area contributed by atoms with Crippen LogP contribution in [0.2, 0.25) is 0 Å². The number of anilines is 1. The van der Waals surface area contributed by atoms with E-state index in [2.05, 4.69) is 10.3 Å². The molecule has 0 saturated heterocycles. The molecular weight excluding hydrogens is 152 g/mol. The first-order valence-corrected chi connectivity index (χ1v) is 4.46. The van der Waals surface area contributed by atoms with Crippen molar-refractivity contribution in [3.05, 3.63) is 11.5 Å². The summed E-state index contributed by atoms with van der Waals surface area (Å²) in [5.74, 6) is 1.73. The van der Waals surface area contributed by atoms with Crippen molar-refractivity contribution in [2.45, 2.75) is 32.1 Å². The lowest BCUT2D eigenvalue weighted by Gasteiger charge is -2.22. The molecule has 0 amide bonds. The van der Waals surface area contributed by atoms with E-state index in [1.807, 2.05) is 14.0 Å². The molecule has 3 heteroatoms. The summed E-state index contributed by atoms with van der Waals surface area (Å²) in [5, 5.41) is 2.91. The number of aryl methyl sites for hydroxylation is 1. The highest BCUT2D eigenvalue weighted by molar-refractivity contribution is 5.26. The maximum absolute atomic E-state index is 5.55. The summed E-state index contributed by atoms with van der Waals surface area (Å²) < 4.78 is 5.55. The molecule has 1 fully saturated rings. The normalized spacial score (nSPS) is 17.5. The molecule has 1 aromatic heterocycles. The van der Waals surface area contributed by atoms with E-state index in [0.29, 0.717) is 11.9 Å². The summed E-state index contributed by atoms with van der Waals surface area (Å²) in [6, 6.07) is 0.648. The fraction of sp³-hybridized carbons (Fsp3) is 0.667. The van der Waals surface area contributed by atoms with Crippen molar-refractivity contribution in [1.29, 1.82) is 0 Å². The molecule has 0 atom stereocenters. The van der Waals surface area contributed by atoms with Crippen LogP contribution in [0.1, 0.15) is 36.6 Å². The first-order chi connectivity index (χ1) is 5.81. The van der Waals surface area contributed by atoms with E-state index in [9.17, 15) is 0 Å². The summed E-state index contributed by atoms with van der Waals surface area (Å²) in [4.78, 5) is 4.25. The second kappa shape index (κ2) is 2.81. The van der Waals surface area contributed by atoms with E-state index in [1.165, 1.54) is 19.3 Å². The van der Waals surface area contributed by atoms with Crippen LogP contribution < -0.4 is 5.32 Å². The maximum Gasteiger partial charge on any atom is 0.294 e. The molecule has 1 aromatic rings. The van der Waals surface area contributed by atoms with Crippen LogP contribution in [0.15, 0.2) is 4.42 Å². The lowest BCUT2D eigenvalue weighted by atomic mass is 9.83. The van der Waals surface area contributed by atoms with E-state index >= 15 is 0 Å². The Morgan fingerprint density at radius 3 is 2.67 bits per heavy atom. The fourth-order valence-electron chi connectivity index (χ4n) is 1.56. The summed E-state index contributed by atoms with van der Waals surface area (Å²) in [7, 11) is 1.83. The molecule has 1 N–H and O–H groups in total. The van der Waals surface area contributed by atoms with Crippen molar-refractivity contribution in [3.63, 3.8) is 0 Å². The first kappa shape index (κ1) is 7.65. The van der Waals surface area contributed by atoms with Gasteiger partial charge in [-0.2, -0.15) is 4.98 Å². The number of aromatic nitrogens is 1. The van der Waals surface area contributed by atoms with Crippen LogP contribution in [0.25, 0.3) is 0 Å². The Morgan fingerprint density at radius 1 is 1.50 bits per heavy atom. The van der Waals surface area contributed by atoms with E-state index < -0.39 is 0 Å². The number of nitrogens with zero attached hydrogens (tertiary/aromatic N) is 1. The van der Waals surface area contributed by atoms with Crippen LogP contribution in [0.4, 0.5) is 6.01 Å². The van der Waals surface area contributed by atoms with Gasteiger partial charge in [0, 0.05) is 13.0 Å². The fourth-order valence-corrected chi connectivity index (χ4v) is 1.56. The summed E-state index contributed by atoms with van der Waals surface area (Å²) >= 11 is 0. The lowest BCUT2D eigenvalue weighted by molar-refractivity contribution is 0.348. The van der Waals surface area contributed by atoms with Crippen LogP contribution in [0.5, 0.6) is 0 Å². The Morgan fingerprint density at radius 2 is 2.25 bits per heavy atom. The molecule has 1 aliphatic rings. The van der Waals surface area contributed by atoms with Crippen molar-refractivity contribution >= 4 is 6.01 Å². The zero-order chi connectivity index (χ0) is 8.55. The standard InChI is InChI=1S/C9H14N2O/c1-6-8(7-4-3-5-7)12-9(10-2)11-6/h7H,3-5H2,1-2H3,(H,10,11). The average Bonchev–Trinajstić information content (AvgIpc) is 2.29. The number of hydrogen-bond donors (Lipinski definition) is 1. The quantitative estimate of drug-likeness (QED) is 0.732. The van der Waals surface area contributed by atoms with Crippen molar-refractivity contribution < 1.29 is 4.42 Å². The molecule has 0 unspecified atom stereocenters. The van der Waals surface area contributed by atoms with Gasteiger partial charge in [0.2, 0.25) is 0 Å². The Balaban J connectivity index is 2.23. The minimum absolute atomic E-state index is 0.639. The Hall–Kier alpha value is -0.990. The molecule has 12 heavy (non-hydrogen) atoms. The molecule has 1 aliphatic carbocycles. The predicted molar refractivity (Wildman–Crippen MR) is 47.4 cm³/mol. The molecule has 0 spiro atoms. The molecule has 0 aromatic carbocycles. The molecule has 0 aliphatic heterocycles. The molecule has 1 heterocycles. The van der Waals surface area contributed by atoms with Gasteiger partial charge in [-0.15, -0.1) is 0 Å². The molecule has 66 valence electrons. The topological polar surface area (TPSA) is 38.1 Å². The number of hydrogen-bond acceptors (Lipinski definition) is 3. The van der Waals surface area contributed by atoms with Crippen LogP contribution in [0, 0.1) is 6.92 Å². The Bertz CT molecular complexity index is 276. The van der Waals surface area contributed by atoms with Gasteiger partial charge in [0.1, 0.15) is 5.76 Å². The van der Waals surface area contributed by atoms with Gasteiger partial charge in [0.15, 0.2) is 0 Å². The van der Waals surface area contributed by atoms with E-state index in [-0.39, 0.29) is 0 Å². The predicted octanol–water partition coefficient (Wildman–Crippen LogP) is 2.29. The lowest BCUT2D eigenvalue weighted by Crippen LogP contribution is -2.08. The number of rotatable bonds is 2. The van der Waals surface area contributed by atoms with E-state index in [1.54, 1.807) is 0 Å². The van der Waals surface area contributed by atoms with Gasteiger partial charge < -0.3 is 9.73 Å². The van der Waals surface area contributed by atoms with Crippen molar-refractivity contribution in [2.75, 3.05) is 12.4 Å². The van der Waals surface area contributed by atoms with Crippen molar-refractivity contribution in [3.8, 4) is 0 Å². The van der Waals surface area contributed by atoms with E-state index in [0.717, 1.165) is 11.5 Å². The molecule has 3 nitrogen and oxygen atoms in total. The molecule has 2 rings (SSSR count). The zero-order valence-corrected chi connectivity index (χ0v) is 7.55. The van der Waals surface area contributed by atoms with Gasteiger partial charge in [-0.3, -0.25) is 0 Å². The van der Waals surface area contributed by atoms with Crippen molar-refractivity contribution in [1.82, 2.24) is 4.98 Å². The van der Waals surface area contributed by atoms with Gasteiger partial charge in [-0.25, -0.2) is 0 Å². The minimum atomic E-state index is 0.639. The van der Waals surface area contributed by atoms with Crippen LogP contribution >= 0.6 is 0 Å². The maximum atomic E-state index is 5.55. The Labute approximate surface area is 72.2 Å². The monoisotopic (exact) mass is 166 g/mol. The van der Waals surface area contributed by atoms with Gasteiger partial charge in [0.25, 0.3) is 6.01 Å². The van der Waals surface area contributed by atoms with Gasteiger partial charge >= 0.3 is 0 Å². The second-order valence-electron chi connectivity index (χ2n) is 3.35. The summed E-state index contributed by atoms with van der Waals surface area (Å²) in [6.45, 7) is 2.01. The molecular formula is C9H14N2O. The first-order valence-electron chi connectivity index (χ1n) is 4.46. The largest absolute Gasteiger partial charge is 0.428 e. The van der Waals surface area contributed by atoms with Gasteiger partial charge in [0.05, 0.1) is 5.69 Å². The van der Waals surface area contributed by atoms with Gasteiger partial charge in [-0.1, -0.05) is 6.42 Å². The Kier molecular flexibility index (Phi) is 1.79. The minimum Gasteiger partial charge on any atom is -0.428 e. The molecule has 0 bridgehead atoms. The van der Waals surface area contributed by atoms with Crippen LogP contribution in [-0.2, 0) is 0 Å². The highest BCUT2D eigenvalue weighted by Crippen LogP contribution is 2.38.